The Kier molecular flexibility index (Phi) is 4.06. The van der Waals surface area contributed by atoms with Gasteiger partial charge in [-0.05, 0) is 18.6 Å². The van der Waals surface area contributed by atoms with Crippen LogP contribution in [0.1, 0.15) is 35.4 Å². The summed E-state index contributed by atoms with van der Waals surface area (Å²) in [4.78, 5) is 14.8. The Hall–Kier alpha value is -2.17. The van der Waals surface area contributed by atoms with Gasteiger partial charge in [0.2, 0.25) is 0 Å². The van der Waals surface area contributed by atoms with Gasteiger partial charge in [0.1, 0.15) is 12.0 Å². The number of carbonyl (C=O) groups is 1. The molecule has 0 fully saturated rings. The first kappa shape index (κ1) is 12.3. The lowest BCUT2D eigenvalue weighted by Crippen LogP contribution is -1.96. The van der Waals surface area contributed by atoms with E-state index in [0.29, 0.717) is 23.0 Å². The zero-order valence-corrected chi connectivity index (χ0v) is 10.1. The van der Waals surface area contributed by atoms with Gasteiger partial charge in [0.25, 0.3) is 5.89 Å². The van der Waals surface area contributed by atoms with Gasteiger partial charge < -0.3 is 9.26 Å². The molecule has 5 nitrogen and oxygen atoms in total. The van der Waals surface area contributed by atoms with Crippen LogP contribution in [0.4, 0.5) is 0 Å². The molecule has 94 valence electrons. The lowest BCUT2D eigenvalue weighted by atomic mass is 10.2. The highest BCUT2D eigenvalue weighted by molar-refractivity contribution is 5.75. The van der Waals surface area contributed by atoms with E-state index >= 15 is 0 Å². The van der Waals surface area contributed by atoms with Gasteiger partial charge in [-0.1, -0.05) is 24.2 Å². The molecule has 0 saturated heterocycles. The Bertz CT molecular complexity index is 522. The van der Waals surface area contributed by atoms with Crippen LogP contribution in [0.3, 0.4) is 0 Å². The van der Waals surface area contributed by atoms with E-state index in [0.717, 1.165) is 19.1 Å². The van der Waals surface area contributed by atoms with Crippen LogP contribution in [0.5, 0.6) is 5.75 Å². The van der Waals surface area contributed by atoms with Gasteiger partial charge in [0.05, 0.1) is 0 Å². The van der Waals surface area contributed by atoms with E-state index in [1.165, 1.54) is 0 Å². The fourth-order valence-electron chi connectivity index (χ4n) is 1.50. The SMILES string of the molecule is CCCc1noc(COc2cccc(C=O)c2)n1. The average Bonchev–Trinajstić information content (AvgIpc) is 2.85. The van der Waals surface area contributed by atoms with Crippen LogP contribution in [-0.4, -0.2) is 16.4 Å². The van der Waals surface area contributed by atoms with E-state index in [2.05, 4.69) is 17.1 Å². The first-order chi connectivity index (χ1) is 8.81. The monoisotopic (exact) mass is 246 g/mol. The van der Waals surface area contributed by atoms with Crippen molar-refractivity contribution in [2.45, 2.75) is 26.4 Å². The molecule has 0 aliphatic heterocycles. The molecule has 1 aromatic carbocycles. The highest BCUT2D eigenvalue weighted by Gasteiger charge is 2.06. The number of ether oxygens (including phenoxy) is 1. The smallest absolute Gasteiger partial charge is 0.264 e. The number of carbonyl (C=O) groups excluding carboxylic acids is 1. The third-order valence-electron chi connectivity index (χ3n) is 2.34. The van der Waals surface area contributed by atoms with Crippen molar-refractivity contribution in [3.05, 3.63) is 41.5 Å². The number of aldehydes is 1. The van der Waals surface area contributed by atoms with Gasteiger partial charge in [0, 0.05) is 12.0 Å². The standard InChI is InChI=1S/C13H14N2O3/c1-2-4-12-14-13(18-15-12)9-17-11-6-3-5-10(7-11)8-16/h3,5-8H,2,4,9H2,1H3. The van der Waals surface area contributed by atoms with Gasteiger partial charge in [-0.15, -0.1) is 0 Å². The molecule has 0 aliphatic carbocycles. The summed E-state index contributed by atoms with van der Waals surface area (Å²) in [5.41, 5.74) is 0.574. The van der Waals surface area contributed by atoms with Crippen LogP contribution >= 0.6 is 0 Å². The molecule has 0 amide bonds. The second-order valence-electron chi connectivity index (χ2n) is 3.83. The van der Waals surface area contributed by atoms with Gasteiger partial charge in [0.15, 0.2) is 12.4 Å². The minimum Gasteiger partial charge on any atom is -0.484 e. The second-order valence-corrected chi connectivity index (χ2v) is 3.83. The zero-order chi connectivity index (χ0) is 12.8. The molecule has 0 bridgehead atoms. The van der Waals surface area contributed by atoms with Gasteiger partial charge in [-0.2, -0.15) is 4.98 Å². The summed E-state index contributed by atoms with van der Waals surface area (Å²) in [6.07, 6.45) is 2.55. The first-order valence-electron chi connectivity index (χ1n) is 5.81. The molecule has 5 heteroatoms. The van der Waals surface area contributed by atoms with Crippen LogP contribution < -0.4 is 4.74 Å². The summed E-state index contributed by atoms with van der Waals surface area (Å²) < 4.78 is 10.5. The minimum atomic E-state index is 0.207. The van der Waals surface area contributed by atoms with Crippen molar-refractivity contribution in [1.82, 2.24) is 10.1 Å². The predicted molar refractivity (Wildman–Crippen MR) is 64.5 cm³/mol. The Balaban J connectivity index is 1.95. The fraction of sp³-hybridized carbons (Fsp3) is 0.308. The maximum absolute atomic E-state index is 10.6. The molecule has 0 saturated carbocycles. The van der Waals surface area contributed by atoms with Crippen LogP contribution in [0, 0.1) is 0 Å². The van der Waals surface area contributed by atoms with Crippen molar-refractivity contribution >= 4 is 6.29 Å². The van der Waals surface area contributed by atoms with E-state index in [1.807, 2.05) is 0 Å². The summed E-state index contributed by atoms with van der Waals surface area (Å²) in [7, 11) is 0. The molecule has 1 heterocycles. The quantitative estimate of drug-likeness (QED) is 0.732. The summed E-state index contributed by atoms with van der Waals surface area (Å²) in [5, 5.41) is 3.83. The van der Waals surface area contributed by atoms with E-state index in [1.54, 1.807) is 24.3 Å². The molecule has 0 aliphatic rings. The summed E-state index contributed by atoms with van der Waals surface area (Å²) in [6.45, 7) is 2.26. The molecule has 0 atom stereocenters. The Morgan fingerprint density at radius 3 is 3.11 bits per heavy atom. The van der Waals surface area contributed by atoms with Crippen molar-refractivity contribution < 1.29 is 14.1 Å². The number of benzene rings is 1. The maximum atomic E-state index is 10.6. The Morgan fingerprint density at radius 1 is 1.44 bits per heavy atom. The van der Waals surface area contributed by atoms with E-state index in [4.69, 9.17) is 9.26 Å². The topological polar surface area (TPSA) is 65.2 Å². The molecule has 2 rings (SSSR count). The van der Waals surface area contributed by atoms with Gasteiger partial charge in [-0.25, -0.2) is 0 Å². The highest BCUT2D eigenvalue weighted by atomic mass is 16.5. The van der Waals surface area contributed by atoms with Crippen LogP contribution in [0.25, 0.3) is 0 Å². The molecule has 0 N–H and O–H groups in total. The number of hydrogen-bond donors (Lipinski definition) is 0. The lowest BCUT2D eigenvalue weighted by molar-refractivity contribution is 0.112. The number of hydrogen-bond acceptors (Lipinski definition) is 5. The van der Waals surface area contributed by atoms with Crippen molar-refractivity contribution in [2.24, 2.45) is 0 Å². The molecular weight excluding hydrogens is 232 g/mol. The minimum absolute atomic E-state index is 0.207. The highest BCUT2D eigenvalue weighted by Crippen LogP contribution is 2.13. The first-order valence-corrected chi connectivity index (χ1v) is 5.81. The fourth-order valence-corrected chi connectivity index (χ4v) is 1.50. The largest absolute Gasteiger partial charge is 0.484 e. The van der Waals surface area contributed by atoms with Crippen molar-refractivity contribution in [2.75, 3.05) is 0 Å². The number of nitrogens with zero attached hydrogens (tertiary/aromatic N) is 2. The summed E-state index contributed by atoms with van der Waals surface area (Å²) >= 11 is 0. The van der Waals surface area contributed by atoms with E-state index < -0.39 is 0 Å². The Morgan fingerprint density at radius 2 is 2.33 bits per heavy atom. The van der Waals surface area contributed by atoms with Crippen LogP contribution in [0.15, 0.2) is 28.8 Å². The predicted octanol–water partition coefficient (Wildman–Crippen LogP) is 2.41. The van der Waals surface area contributed by atoms with Crippen molar-refractivity contribution in [1.29, 1.82) is 0 Å². The number of aromatic nitrogens is 2. The van der Waals surface area contributed by atoms with Gasteiger partial charge in [-0.3, -0.25) is 4.79 Å². The molecular formula is C13H14N2O3. The molecule has 0 radical (unpaired) electrons. The van der Waals surface area contributed by atoms with Gasteiger partial charge >= 0.3 is 0 Å². The second kappa shape index (κ2) is 5.95. The summed E-state index contributed by atoms with van der Waals surface area (Å²) in [5.74, 6) is 1.74. The average molecular weight is 246 g/mol. The molecule has 0 unspecified atom stereocenters. The van der Waals surface area contributed by atoms with Crippen molar-refractivity contribution in [3.63, 3.8) is 0 Å². The summed E-state index contributed by atoms with van der Waals surface area (Å²) in [6, 6.07) is 6.91. The van der Waals surface area contributed by atoms with Crippen LogP contribution in [0.2, 0.25) is 0 Å². The maximum Gasteiger partial charge on any atom is 0.264 e. The third kappa shape index (κ3) is 3.16. The molecule has 18 heavy (non-hydrogen) atoms. The molecule has 1 aromatic heterocycles. The van der Waals surface area contributed by atoms with Crippen LogP contribution in [-0.2, 0) is 13.0 Å². The number of aryl methyl sites for hydroxylation is 1. The normalized spacial score (nSPS) is 10.3. The molecule has 0 spiro atoms. The van der Waals surface area contributed by atoms with E-state index in [9.17, 15) is 4.79 Å². The lowest BCUT2D eigenvalue weighted by Gasteiger charge is -2.02. The third-order valence-corrected chi connectivity index (χ3v) is 2.34. The number of rotatable bonds is 6. The molecule has 2 aromatic rings. The van der Waals surface area contributed by atoms with Crippen molar-refractivity contribution in [3.8, 4) is 5.75 Å². The van der Waals surface area contributed by atoms with E-state index in [-0.39, 0.29) is 6.61 Å². The zero-order valence-electron chi connectivity index (χ0n) is 10.1. The Labute approximate surface area is 105 Å².